The summed E-state index contributed by atoms with van der Waals surface area (Å²) in [4.78, 5) is 24.9. The Bertz CT molecular complexity index is 846. The highest BCUT2D eigenvalue weighted by Crippen LogP contribution is 2.40. The second-order valence-electron chi connectivity index (χ2n) is 9.03. The monoisotopic (exact) mass is 378 g/mol. The van der Waals surface area contributed by atoms with Crippen molar-refractivity contribution >= 4 is 23.2 Å². The summed E-state index contributed by atoms with van der Waals surface area (Å²) in [6.45, 7) is 10.7. The summed E-state index contributed by atoms with van der Waals surface area (Å²) in [6, 6.07) is 15.8. The lowest BCUT2D eigenvalue weighted by Crippen LogP contribution is -2.20. The Morgan fingerprint density at radius 2 is 1.25 bits per heavy atom. The molecule has 2 unspecified atom stereocenters. The summed E-state index contributed by atoms with van der Waals surface area (Å²) < 4.78 is 0. The van der Waals surface area contributed by atoms with Gasteiger partial charge in [-0.15, -0.1) is 0 Å². The summed E-state index contributed by atoms with van der Waals surface area (Å²) in [7, 11) is 0. The molecule has 3 rings (SSSR count). The van der Waals surface area contributed by atoms with Crippen LogP contribution in [0.1, 0.15) is 58.1 Å². The van der Waals surface area contributed by atoms with E-state index < -0.39 is 0 Å². The fourth-order valence-corrected chi connectivity index (χ4v) is 3.25. The van der Waals surface area contributed by atoms with E-state index in [1.165, 1.54) is 11.1 Å². The largest absolute Gasteiger partial charge is 0.326 e. The van der Waals surface area contributed by atoms with Crippen molar-refractivity contribution < 1.29 is 9.59 Å². The lowest BCUT2D eigenvalue weighted by atomic mass is 9.87. The number of anilines is 2. The van der Waals surface area contributed by atoms with Crippen molar-refractivity contribution in [3.05, 3.63) is 59.7 Å². The quantitative estimate of drug-likeness (QED) is 0.740. The van der Waals surface area contributed by atoms with Gasteiger partial charge in [0.25, 0.3) is 0 Å². The van der Waals surface area contributed by atoms with Crippen LogP contribution in [0.25, 0.3) is 0 Å². The van der Waals surface area contributed by atoms with E-state index >= 15 is 0 Å². The maximum atomic E-state index is 12.5. The van der Waals surface area contributed by atoms with Crippen molar-refractivity contribution in [1.29, 1.82) is 0 Å². The van der Waals surface area contributed by atoms with E-state index in [1.807, 2.05) is 48.5 Å². The van der Waals surface area contributed by atoms with Crippen molar-refractivity contribution in [2.24, 2.45) is 11.8 Å². The normalized spacial score (nSPS) is 18.6. The zero-order valence-corrected chi connectivity index (χ0v) is 17.4. The lowest BCUT2D eigenvalue weighted by Gasteiger charge is -2.19. The number of nitrogens with one attached hydrogen (secondary N) is 2. The van der Waals surface area contributed by atoms with Gasteiger partial charge in [-0.05, 0) is 53.1 Å². The number of carbonyl (C=O) groups is 2. The molecule has 2 aromatic carbocycles. The Labute approximate surface area is 167 Å². The number of benzene rings is 2. The zero-order chi connectivity index (χ0) is 20.5. The van der Waals surface area contributed by atoms with E-state index in [9.17, 15) is 9.59 Å². The fourth-order valence-electron chi connectivity index (χ4n) is 3.25. The average molecular weight is 379 g/mol. The Hall–Kier alpha value is -2.62. The predicted molar refractivity (Wildman–Crippen MR) is 115 cm³/mol. The summed E-state index contributed by atoms with van der Waals surface area (Å²) in [5.41, 5.74) is 4.08. The van der Waals surface area contributed by atoms with Crippen molar-refractivity contribution in [3.63, 3.8) is 0 Å². The highest BCUT2D eigenvalue weighted by Gasteiger charge is 2.48. The SMILES string of the molecule is CC(C)c1ccc(NC(=O)C2CC2C(=O)Nc2ccc(C(C)(C)C)cc2)cc1. The fraction of sp³-hybridized carbons (Fsp3) is 0.417. The van der Waals surface area contributed by atoms with Crippen LogP contribution in [-0.4, -0.2) is 11.8 Å². The van der Waals surface area contributed by atoms with Gasteiger partial charge in [-0.1, -0.05) is 58.9 Å². The first kappa shape index (κ1) is 20.1. The highest BCUT2D eigenvalue weighted by molar-refractivity contribution is 6.03. The van der Waals surface area contributed by atoms with Gasteiger partial charge in [-0.2, -0.15) is 0 Å². The van der Waals surface area contributed by atoms with Crippen LogP contribution in [0.2, 0.25) is 0 Å². The van der Waals surface area contributed by atoms with Gasteiger partial charge in [0, 0.05) is 11.4 Å². The van der Waals surface area contributed by atoms with Gasteiger partial charge >= 0.3 is 0 Å². The van der Waals surface area contributed by atoms with Crippen LogP contribution in [0.3, 0.4) is 0 Å². The van der Waals surface area contributed by atoms with Crippen molar-refractivity contribution in [3.8, 4) is 0 Å². The predicted octanol–water partition coefficient (Wildman–Crippen LogP) is 5.32. The van der Waals surface area contributed by atoms with Crippen LogP contribution in [-0.2, 0) is 15.0 Å². The maximum Gasteiger partial charge on any atom is 0.228 e. The second kappa shape index (κ2) is 7.78. The van der Waals surface area contributed by atoms with Gasteiger partial charge in [0.1, 0.15) is 0 Å². The minimum absolute atomic E-state index is 0.0790. The molecular formula is C24H30N2O2. The van der Waals surface area contributed by atoms with Crippen molar-refractivity contribution in [1.82, 2.24) is 0 Å². The van der Waals surface area contributed by atoms with Gasteiger partial charge in [-0.25, -0.2) is 0 Å². The van der Waals surface area contributed by atoms with Crippen LogP contribution in [0.5, 0.6) is 0 Å². The van der Waals surface area contributed by atoms with E-state index in [4.69, 9.17) is 0 Å². The van der Waals surface area contributed by atoms with E-state index in [-0.39, 0.29) is 29.1 Å². The molecule has 2 N–H and O–H groups in total. The summed E-state index contributed by atoms with van der Waals surface area (Å²) in [5.74, 6) is -0.214. The molecule has 0 bridgehead atoms. The summed E-state index contributed by atoms with van der Waals surface area (Å²) in [6.07, 6.45) is 0.599. The van der Waals surface area contributed by atoms with E-state index in [1.54, 1.807) is 0 Å². The molecule has 0 spiro atoms. The van der Waals surface area contributed by atoms with Gasteiger partial charge < -0.3 is 10.6 Å². The maximum absolute atomic E-state index is 12.5. The molecule has 4 heteroatoms. The molecule has 0 saturated heterocycles. The van der Waals surface area contributed by atoms with Gasteiger partial charge in [0.15, 0.2) is 0 Å². The number of rotatable bonds is 5. The van der Waals surface area contributed by atoms with E-state index in [0.29, 0.717) is 12.3 Å². The van der Waals surface area contributed by atoms with Crippen molar-refractivity contribution in [2.75, 3.05) is 10.6 Å². The second-order valence-corrected chi connectivity index (χ2v) is 9.03. The third kappa shape index (κ3) is 4.80. The Morgan fingerprint density at radius 3 is 1.64 bits per heavy atom. The Balaban J connectivity index is 1.52. The van der Waals surface area contributed by atoms with Gasteiger partial charge in [0.2, 0.25) is 11.8 Å². The first-order valence-electron chi connectivity index (χ1n) is 9.97. The molecule has 1 aliphatic carbocycles. The molecule has 1 aliphatic rings. The smallest absolute Gasteiger partial charge is 0.228 e. The lowest BCUT2D eigenvalue weighted by molar-refractivity contribution is -0.122. The molecule has 1 saturated carbocycles. The van der Waals surface area contributed by atoms with E-state index in [2.05, 4.69) is 45.3 Å². The molecule has 2 amide bonds. The summed E-state index contributed by atoms with van der Waals surface area (Å²) in [5, 5.41) is 5.86. The highest BCUT2D eigenvalue weighted by atomic mass is 16.2. The molecule has 0 radical (unpaired) electrons. The average Bonchev–Trinajstić information content (AvgIpc) is 3.43. The molecule has 0 aromatic heterocycles. The standard InChI is InChI=1S/C24H30N2O2/c1-15(2)16-6-10-18(11-7-16)25-22(27)20-14-21(20)23(28)26-19-12-8-17(9-13-19)24(3,4)5/h6-13,15,20-21H,14H2,1-5H3,(H,25,27)(H,26,28). The van der Waals surface area contributed by atoms with Crippen LogP contribution in [0.4, 0.5) is 11.4 Å². The number of hydrogen-bond donors (Lipinski definition) is 2. The molecular weight excluding hydrogens is 348 g/mol. The molecule has 148 valence electrons. The van der Waals surface area contributed by atoms with Gasteiger partial charge in [0.05, 0.1) is 11.8 Å². The molecule has 4 nitrogen and oxygen atoms in total. The first-order valence-corrected chi connectivity index (χ1v) is 9.97. The molecule has 28 heavy (non-hydrogen) atoms. The minimum atomic E-state index is -0.253. The van der Waals surface area contributed by atoms with Crippen LogP contribution < -0.4 is 10.6 Å². The number of amides is 2. The van der Waals surface area contributed by atoms with Crippen LogP contribution in [0.15, 0.2) is 48.5 Å². The van der Waals surface area contributed by atoms with Crippen LogP contribution >= 0.6 is 0 Å². The summed E-state index contributed by atoms with van der Waals surface area (Å²) >= 11 is 0. The number of hydrogen-bond acceptors (Lipinski definition) is 2. The Kier molecular flexibility index (Phi) is 5.59. The van der Waals surface area contributed by atoms with Crippen molar-refractivity contribution in [2.45, 2.75) is 52.4 Å². The topological polar surface area (TPSA) is 58.2 Å². The molecule has 0 aliphatic heterocycles. The Morgan fingerprint density at radius 1 is 0.821 bits per heavy atom. The van der Waals surface area contributed by atoms with Gasteiger partial charge in [-0.3, -0.25) is 9.59 Å². The molecule has 2 aromatic rings. The third-order valence-electron chi connectivity index (χ3n) is 5.33. The van der Waals surface area contributed by atoms with E-state index in [0.717, 1.165) is 11.4 Å². The molecule has 0 heterocycles. The molecule has 1 fully saturated rings. The first-order chi connectivity index (χ1) is 13.1. The molecule has 2 atom stereocenters. The van der Waals surface area contributed by atoms with Crippen LogP contribution in [0, 0.1) is 11.8 Å². The number of carbonyl (C=O) groups excluding carboxylic acids is 2. The zero-order valence-electron chi connectivity index (χ0n) is 17.4. The minimum Gasteiger partial charge on any atom is -0.326 e. The third-order valence-corrected chi connectivity index (χ3v) is 5.33.